The summed E-state index contributed by atoms with van der Waals surface area (Å²) in [6.45, 7) is 7.34. The van der Waals surface area contributed by atoms with Crippen molar-refractivity contribution in [3.63, 3.8) is 0 Å². The zero-order valence-corrected chi connectivity index (χ0v) is 20.1. The van der Waals surface area contributed by atoms with Gasteiger partial charge in [0.25, 0.3) is 0 Å². The summed E-state index contributed by atoms with van der Waals surface area (Å²) in [6.07, 6.45) is 2.80. The third kappa shape index (κ3) is 5.76. The molecule has 0 bridgehead atoms. The lowest BCUT2D eigenvalue weighted by Crippen LogP contribution is -2.43. The average Bonchev–Trinajstić information content (AvgIpc) is 2.85. The molecule has 3 heterocycles. The van der Waals surface area contributed by atoms with Crippen LogP contribution in [-0.4, -0.2) is 60.6 Å². The molecule has 4 rings (SSSR count). The first-order chi connectivity index (χ1) is 16.0. The van der Waals surface area contributed by atoms with Gasteiger partial charge in [-0.05, 0) is 56.0 Å². The zero-order valence-electron chi connectivity index (χ0n) is 19.2. The Morgan fingerprint density at radius 3 is 2.88 bits per heavy atom. The first kappa shape index (κ1) is 23.4. The van der Waals surface area contributed by atoms with Gasteiger partial charge in [0, 0.05) is 19.6 Å². The van der Waals surface area contributed by atoms with Gasteiger partial charge in [-0.2, -0.15) is 0 Å². The van der Waals surface area contributed by atoms with E-state index < -0.39 is 0 Å². The first-order valence-corrected chi connectivity index (χ1v) is 12.6. The summed E-state index contributed by atoms with van der Waals surface area (Å²) in [5.74, 6) is 1.94. The van der Waals surface area contributed by atoms with E-state index in [4.69, 9.17) is 4.74 Å². The summed E-state index contributed by atoms with van der Waals surface area (Å²) < 4.78 is 5.68. The largest absolute Gasteiger partial charge is 0.490 e. The average molecular weight is 470 g/mol. The molecule has 0 saturated carbocycles. The van der Waals surface area contributed by atoms with Crippen molar-refractivity contribution in [1.82, 2.24) is 15.5 Å². The van der Waals surface area contributed by atoms with Crippen molar-refractivity contribution in [1.29, 1.82) is 0 Å². The van der Waals surface area contributed by atoms with Crippen LogP contribution in [0.15, 0.2) is 35.4 Å². The highest BCUT2D eigenvalue weighted by atomic mass is 32.2. The molecule has 8 nitrogen and oxygen atoms in total. The highest BCUT2D eigenvalue weighted by Crippen LogP contribution is 2.33. The van der Waals surface area contributed by atoms with Crippen molar-refractivity contribution in [2.45, 2.75) is 38.1 Å². The molecule has 0 aliphatic carbocycles. The lowest BCUT2D eigenvalue weighted by atomic mass is 9.97. The van der Waals surface area contributed by atoms with E-state index in [1.54, 1.807) is 4.90 Å². The molecule has 0 spiro atoms. The van der Waals surface area contributed by atoms with Gasteiger partial charge in [0.1, 0.15) is 17.4 Å². The van der Waals surface area contributed by atoms with Crippen LogP contribution >= 0.6 is 11.8 Å². The van der Waals surface area contributed by atoms with Gasteiger partial charge in [-0.25, -0.2) is 0 Å². The molecule has 1 atom stereocenters. The highest BCUT2D eigenvalue weighted by molar-refractivity contribution is 7.99. The Morgan fingerprint density at radius 1 is 1.21 bits per heavy atom. The monoisotopic (exact) mass is 469 g/mol. The fourth-order valence-electron chi connectivity index (χ4n) is 4.15. The van der Waals surface area contributed by atoms with Gasteiger partial charge in [-0.15, -0.1) is 10.2 Å². The van der Waals surface area contributed by atoms with Crippen molar-refractivity contribution in [2.24, 2.45) is 5.92 Å². The Bertz CT molecular complexity index is 985. The van der Waals surface area contributed by atoms with Gasteiger partial charge in [-0.3, -0.25) is 9.59 Å². The van der Waals surface area contributed by atoms with E-state index in [1.165, 1.54) is 11.8 Å². The molecule has 2 aliphatic rings. The maximum Gasteiger partial charge on any atom is 0.237 e. The number of aryl methyl sites for hydroxylation is 1. The van der Waals surface area contributed by atoms with E-state index in [9.17, 15) is 9.59 Å². The number of thioether (sulfide) groups is 1. The fourth-order valence-corrected chi connectivity index (χ4v) is 4.84. The Kier molecular flexibility index (Phi) is 7.69. The van der Waals surface area contributed by atoms with Gasteiger partial charge in [0.05, 0.1) is 23.9 Å². The van der Waals surface area contributed by atoms with Crippen LogP contribution in [0.1, 0.15) is 31.7 Å². The first-order valence-electron chi connectivity index (χ1n) is 11.6. The molecule has 1 saturated heterocycles. The number of rotatable bonds is 7. The molecule has 176 valence electrons. The van der Waals surface area contributed by atoms with Crippen molar-refractivity contribution < 1.29 is 14.3 Å². The van der Waals surface area contributed by atoms with Gasteiger partial charge < -0.3 is 19.9 Å². The van der Waals surface area contributed by atoms with E-state index in [0.29, 0.717) is 24.7 Å². The number of amides is 2. The zero-order chi connectivity index (χ0) is 23.2. The normalized spacial score (nSPS) is 17.8. The molecule has 1 aromatic heterocycles. The van der Waals surface area contributed by atoms with Crippen LogP contribution in [0.3, 0.4) is 0 Å². The summed E-state index contributed by atoms with van der Waals surface area (Å²) in [5, 5.41) is 12.4. The number of ether oxygens (including phenoxy) is 1. The van der Waals surface area contributed by atoms with Gasteiger partial charge >= 0.3 is 0 Å². The summed E-state index contributed by atoms with van der Waals surface area (Å²) >= 11 is 1.38. The number of anilines is 2. The standard InChI is InChI=1S/C24H31N5O3S/c1-3-10-25-24(31)18-5-4-11-28(15-18)21-8-9-22(27-26-21)33-16-23(30)29-12-13-32-20-7-6-17(2)14-19(20)29/h6-9,14,18H,3-5,10-13,15-16H2,1-2H3,(H,25,31)/t18-/m0/s1. The summed E-state index contributed by atoms with van der Waals surface area (Å²) in [5.41, 5.74) is 1.92. The molecule has 2 amide bonds. The molecule has 2 aromatic rings. The lowest BCUT2D eigenvalue weighted by molar-refractivity contribution is -0.125. The third-order valence-corrected chi connectivity index (χ3v) is 6.82. The summed E-state index contributed by atoms with van der Waals surface area (Å²) in [4.78, 5) is 29.1. The van der Waals surface area contributed by atoms with Crippen LogP contribution in [0, 0.1) is 12.8 Å². The van der Waals surface area contributed by atoms with E-state index >= 15 is 0 Å². The minimum atomic E-state index is -0.0150. The number of carbonyl (C=O) groups excluding carboxylic acids is 2. The van der Waals surface area contributed by atoms with Gasteiger partial charge in [-0.1, -0.05) is 24.8 Å². The van der Waals surface area contributed by atoms with Gasteiger partial charge in [0.15, 0.2) is 5.82 Å². The second-order valence-corrected chi connectivity index (χ2v) is 9.46. The Hall–Kier alpha value is -2.81. The van der Waals surface area contributed by atoms with Crippen LogP contribution in [0.5, 0.6) is 5.75 Å². The number of piperidine rings is 1. The van der Waals surface area contributed by atoms with Crippen molar-refractivity contribution in [3.05, 3.63) is 35.9 Å². The maximum atomic E-state index is 12.9. The Morgan fingerprint density at radius 2 is 2.09 bits per heavy atom. The number of hydrogen-bond acceptors (Lipinski definition) is 7. The fraction of sp³-hybridized carbons (Fsp3) is 0.500. The van der Waals surface area contributed by atoms with Crippen LogP contribution in [0.4, 0.5) is 11.5 Å². The number of aromatic nitrogens is 2. The number of hydrogen-bond donors (Lipinski definition) is 1. The van der Waals surface area contributed by atoms with E-state index in [-0.39, 0.29) is 23.5 Å². The SMILES string of the molecule is CCCNC(=O)[C@H]1CCCN(c2ccc(SCC(=O)N3CCOc4ccc(C)cc43)nn2)C1. The summed E-state index contributed by atoms with van der Waals surface area (Å²) in [6, 6.07) is 9.72. The number of nitrogens with one attached hydrogen (secondary N) is 1. The van der Waals surface area contributed by atoms with Crippen molar-refractivity contribution >= 4 is 35.1 Å². The van der Waals surface area contributed by atoms with E-state index in [0.717, 1.165) is 55.2 Å². The quantitative estimate of drug-likeness (QED) is 0.624. The molecule has 33 heavy (non-hydrogen) atoms. The predicted molar refractivity (Wildman–Crippen MR) is 130 cm³/mol. The Balaban J connectivity index is 1.33. The van der Waals surface area contributed by atoms with Crippen molar-refractivity contribution in [2.75, 3.05) is 48.3 Å². The molecule has 1 N–H and O–H groups in total. The van der Waals surface area contributed by atoms with Crippen LogP contribution in [-0.2, 0) is 9.59 Å². The molecule has 1 aromatic carbocycles. The molecule has 0 unspecified atom stereocenters. The maximum absolute atomic E-state index is 12.9. The highest BCUT2D eigenvalue weighted by Gasteiger charge is 2.27. The van der Waals surface area contributed by atoms with Gasteiger partial charge in [0.2, 0.25) is 11.8 Å². The minimum absolute atomic E-state index is 0.0150. The van der Waals surface area contributed by atoms with Crippen LogP contribution in [0.25, 0.3) is 0 Å². The number of nitrogens with zero attached hydrogens (tertiary/aromatic N) is 4. The van der Waals surface area contributed by atoms with E-state index in [1.807, 2.05) is 37.3 Å². The topological polar surface area (TPSA) is 87.7 Å². The van der Waals surface area contributed by atoms with E-state index in [2.05, 4.69) is 27.3 Å². The summed E-state index contributed by atoms with van der Waals surface area (Å²) in [7, 11) is 0. The van der Waals surface area contributed by atoms with Crippen molar-refractivity contribution in [3.8, 4) is 5.75 Å². The third-order valence-electron chi connectivity index (χ3n) is 5.91. The molecular formula is C24H31N5O3S. The molecule has 2 aliphatic heterocycles. The van der Waals surface area contributed by atoms with Crippen LogP contribution < -0.4 is 19.9 Å². The lowest BCUT2D eigenvalue weighted by Gasteiger charge is -2.32. The number of carbonyl (C=O) groups is 2. The molecule has 9 heteroatoms. The second kappa shape index (κ2) is 10.9. The molecule has 0 radical (unpaired) electrons. The minimum Gasteiger partial charge on any atom is -0.490 e. The predicted octanol–water partition coefficient (Wildman–Crippen LogP) is 3.05. The molecular weight excluding hydrogens is 438 g/mol. The number of benzene rings is 1. The second-order valence-electron chi connectivity index (χ2n) is 8.46. The number of fused-ring (bicyclic) bond motifs is 1. The Labute approximate surface area is 199 Å². The van der Waals surface area contributed by atoms with Crippen LogP contribution in [0.2, 0.25) is 0 Å². The smallest absolute Gasteiger partial charge is 0.237 e. The molecule has 1 fully saturated rings.